The van der Waals surface area contributed by atoms with Crippen molar-refractivity contribution in [2.75, 3.05) is 13.2 Å². The van der Waals surface area contributed by atoms with Crippen molar-refractivity contribution in [1.82, 2.24) is 4.57 Å². The molecule has 1 N–H and O–H groups in total. The number of hydrogen-bond donors (Lipinski definition) is 1. The van der Waals surface area contributed by atoms with Gasteiger partial charge in [0.1, 0.15) is 5.75 Å². The Hall–Kier alpha value is -3.80. The van der Waals surface area contributed by atoms with Gasteiger partial charge < -0.3 is 19.1 Å². The van der Waals surface area contributed by atoms with Crippen LogP contribution in [0.5, 0.6) is 5.75 Å². The Morgan fingerprint density at radius 1 is 0.903 bits per heavy atom. The summed E-state index contributed by atoms with van der Waals surface area (Å²) in [6.45, 7) is 3.04. The largest absolute Gasteiger partial charge is 0.493 e. The van der Waals surface area contributed by atoms with Gasteiger partial charge in [-0.1, -0.05) is 36.4 Å². The number of aromatic carboxylic acids is 1. The Labute approximate surface area is 179 Å². The zero-order valence-corrected chi connectivity index (χ0v) is 17.2. The van der Waals surface area contributed by atoms with E-state index in [2.05, 4.69) is 28.8 Å². The van der Waals surface area contributed by atoms with Crippen LogP contribution in [0.2, 0.25) is 0 Å². The van der Waals surface area contributed by atoms with Gasteiger partial charge in [0.25, 0.3) is 0 Å². The van der Waals surface area contributed by atoms with Crippen LogP contribution < -0.4 is 4.74 Å². The van der Waals surface area contributed by atoms with E-state index < -0.39 is 11.9 Å². The lowest BCUT2D eigenvalue weighted by atomic mass is 10.1. The van der Waals surface area contributed by atoms with Crippen molar-refractivity contribution < 1.29 is 24.2 Å². The first-order valence-corrected chi connectivity index (χ1v) is 10.2. The van der Waals surface area contributed by atoms with Gasteiger partial charge in [0.05, 0.1) is 24.3 Å². The molecule has 1 heterocycles. The predicted molar refractivity (Wildman–Crippen MR) is 119 cm³/mol. The molecule has 158 valence electrons. The van der Waals surface area contributed by atoms with Crippen molar-refractivity contribution in [3.05, 3.63) is 77.9 Å². The number of nitrogens with zero attached hydrogens (tertiary/aromatic N) is 1. The summed E-state index contributed by atoms with van der Waals surface area (Å²) >= 11 is 0. The highest BCUT2D eigenvalue weighted by Gasteiger charge is 2.14. The van der Waals surface area contributed by atoms with Crippen molar-refractivity contribution in [3.8, 4) is 5.75 Å². The summed E-state index contributed by atoms with van der Waals surface area (Å²) in [5, 5.41) is 11.8. The van der Waals surface area contributed by atoms with Crippen molar-refractivity contribution in [3.63, 3.8) is 0 Å². The normalized spacial score (nSPS) is 11.0. The number of aromatic nitrogens is 1. The first kappa shape index (κ1) is 20.5. The minimum Gasteiger partial charge on any atom is -0.493 e. The van der Waals surface area contributed by atoms with Gasteiger partial charge in [-0.25, -0.2) is 9.59 Å². The van der Waals surface area contributed by atoms with E-state index in [1.54, 1.807) is 6.92 Å². The fourth-order valence-electron chi connectivity index (χ4n) is 3.80. The van der Waals surface area contributed by atoms with E-state index in [9.17, 15) is 14.7 Å². The summed E-state index contributed by atoms with van der Waals surface area (Å²) in [5.41, 5.74) is 2.49. The standard InChI is InChI=1S/C25H23NO5/c1-2-30-25(29)18-14-17(24(27)28)15-19(16-18)31-13-7-12-26-22-10-5-3-8-20(22)21-9-4-6-11-23(21)26/h3-6,8-11,14-16H,2,7,12-13H2,1H3,(H,27,28). The Morgan fingerprint density at radius 3 is 2.13 bits per heavy atom. The third kappa shape index (κ3) is 4.23. The Kier molecular flexibility index (Phi) is 5.89. The second-order valence-corrected chi connectivity index (χ2v) is 7.16. The molecule has 0 atom stereocenters. The zero-order chi connectivity index (χ0) is 21.8. The van der Waals surface area contributed by atoms with Crippen molar-refractivity contribution >= 4 is 33.7 Å². The molecule has 4 aromatic rings. The minimum atomic E-state index is -1.12. The first-order chi connectivity index (χ1) is 15.1. The number of hydrogen-bond acceptors (Lipinski definition) is 4. The fraction of sp³-hybridized carbons (Fsp3) is 0.200. The molecule has 0 radical (unpaired) electrons. The highest BCUT2D eigenvalue weighted by molar-refractivity contribution is 6.07. The number of carbonyl (C=O) groups is 2. The van der Waals surface area contributed by atoms with Gasteiger partial charge in [-0.3, -0.25) is 0 Å². The molecule has 0 saturated carbocycles. The lowest BCUT2D eigenvalue weighted by Crippen LogP contribution is -2.09. The summed E-state index contributed by atoms with van der Waals surface area (Å²) in [4.78, 5) is 23.4. The molecule has 0 bridgehead atoms. The maximum Gasteiger partial charge on any atom is 0.338 e. The van der Waals surface area contributed by atoms with Crippen molar-refractivity contribution in [2.24, 2.45) is 0 Å². The van der Waals surface area contributed by atoms with Crippen LogP contribution in [-0.4, -0.2) is 34.8 Å². The number of ether oxygens (including phenoxy) is 2. The summed E-state index contributed by atoms with van der Waals surface area (Å²) in [6.07, 6.45) is 0.717. The van der Waals surface area contributed by atoms with Gasteiger partial charge in [0, 0.05) is 28.4 Å². The van der Waals surface area contributed by atoms with Gasteiger partial charge in [-0.05, 0) is 43.7 Å². The second kappa shape index (κ2) is 8.92. The molecule has 31 heavy (non-hydrogen) atoms. The van der Waals surface area contributed by atoms with Gasteiger partial charge in [-0.2, -0.15) is 0 Å². The van der Waals surface area contributed by atoms with E-state index >= 15 is 0 Å². The molecule has 0 saturated heterocycles. The summed E-state index contributed by atoms with van der Waals surface area (Å²) in [5.74, 6) is -1.35. The molecule has 0 unspecified atom stereocenters. The van der Waals surface area contributed by atoms with E-state index in [1.165, 1.54) is 40.0 Å². The molecule has 0 spiro atoms. The number of carboxylic acid groups (broad SMARTS) is 1. The smallest absolute Gasteiger partial charge is 0.338 e. The van der Waals surface area contributed by atoms with Gasteiger partial charge in [0.2, 0.25) is 0 Å². The lowest BCUT2D eigenvalue weighted by Gasteiger charge is -2.11. The van der Waals surface area contributed by atoms with E-state index in [0.29, 0.717) is 18.8 Å². The maximum atomic E-state index is 12.0. The Bertz CT molecular complexity index is 1200. The number of carboxylic acids is 1. The van der Waals surface area contributed by atoms with Crippen molar-refractivity contribution in [2.45, 2.75) is 19.9 Å². The zero-order valence-electron chi connectivity index (χ0n) is 17.2. The summed E-state index contributed by atoms with van der Waals surface area (Å²) < 4.78 is 13.1. The average Bonchev–Trinajstić information content (AvgIpc) is 3.10. The van der Waals surface area contributed by atoms with Crippen molar-refractivity contribution in [1.29, 1.82) is 0 Å². The Morgan fingerprint density at radius 2 is 1.52 bits per heavy atom. The summed E-state index contributed by atoms with van der Waals surface area (Å²) in [6, 6.07) is 20.8. The van der Waals surface area contributed by atoms with E-state index in [1.807, 2.05) is 24.3 Å². The fourth-order valence-corrected chi connectivity index (χ4v) is 3.80. The van der Waals surface area contributed by atoms with Crippen LogP contribution in [0.3, 0.4) is 0 Å². The van der Waals surface area contributed by atoms with E-state index in [-0.39, 0.29) is 17.7 Å². The van der Waals surface area contributed by atoms with Crippen LogP contribution in [-0.2, 0) is 11.3 Å². The minimum absolute atomic E-state index is 0.0112. The van der Waals surface area contributed by atoms with Crippen LogP contribution in [0, 0.1) is 0 Å². The number of fused-ring (bicyclic) bond motifs is 3. The molecule has 1 aromatic heterocycles. The molecule has 6 heteroatoms. The van der Waals surface area contributed by atoms with Gasteiger partial charge in [0.15, 0.2) is 0 Å². The van der Waals surface area contributed by atoms with Gasteiger partial charge >= 0.3 is 11.9 Å². The summed E-state index contributed by atoms with van der Waals surface area (Å²) in [7, 11) is 0. The number of aryl methyl sites for hydroxylation is 1. The molecular formula is C25H23NO5. The molecule has 4 rings (SSSR count). The molecule has 0 amide bonds. The predicted octanol–water partition coefficient (Wildman–Crippen LogP) is 5.14. The SMILES string of the molecule is CCOC(=O)c1cc(OCCCn2c3ccccc3c3ccccc32)cc(C(=O)O)c1. The van der Waals surface area contributed by atoms with E-state index in [4.69, 9.17) is 9.47 Å². The topological polar surface area (TPSA) is 77.8 Å². The molecule has 6 nitrogen and oxygen atoms in total. The quantitative estimate of drug-likeness (QED) is 0.317. The van der Waals surface area contributed by atoms with Crippen LogP contribution in [0.4, 0.5) is 0 Å². The molecule has 3 aromatic carbocycles. The highest BCUT2D eigenvalue weighted by atomic mass is 16.5. The molecule has 0 aliphatic heterocycles. The van der Waals surface area contributed by atoms with Crippen LogP contribution in [0.25, 0.3) is 21.8 Å². The average molecular weight is 417 g/mol. The third-order valence-electron chi connectivity index (χ3n) is 5.14. The molecule has 0 fully saturated rings. The number of esters is 1. The third-order valence-corrected chi connectivity index (χ3v) is 5.14. The van der Waals surface area contributed by atoms with Crippen LogP contribution in [0.15, 0.2) is 66.7 Å². The number of carbonyl (C=O) groups excluding carboxylic acids is 1. The van der Waals surface area contributed by atoms with Crippen LogP contribution >= 0.6 is 0 Å². The molecule has 0 aliphatic rings. The first-order valence-electron chi connectivity index (χ1n) is 10.2. The van der Waals surface area contributed by atoms with Crippen LogP contribution in [0.1, 0.15) is 34.1 Å². The molecular weight excluding hydrogens is 394 g/mol. The number of rotatable bonds is 8. The van der Waals surface area contributed by atoms with E-state index in [0.717, 1.165) is 6.54 Å². The monoisotopic (exact) mass is 417 g/mol. The Balaban J connectivity index is 1.50. The molecule has 0 aliphatic carbocycles. The highest BCUT2D eigenvalue weighted by Crippen LogP contribution is 2.29. The second-order valence-electron chi connectivity index (χ2n) is 7.16. The van der Waals surface area contributed by atoms with Gasteiger partial charge in [-0.15, -0.1) is 0 Å². The maximum absolute atomic E-state index is 12.0. The number of benzene rings is 3. The lowest BCUT2D eigenvalue weighted by molar-refractivity contribution is 0.0526. The number of para-hydroxylation sites is 2.